The Balaban J connectivity index is 1.22. The SMILES string of the molecule is O=C(CCCCCOc1ccc2nc(-c3ccccc3)n(-c3ccccc3)c2c1)Nc1ccccn1. The summed E-state index contributed by atoms with van der Waals surface area (Å²) in [5.74, 6) is 2.29. The number of ether oxygens (including phenoxy) is 1. The summed E-state index contributed by atoms with van der Waals surface area (Å²) in [6.45, 7) is 0.596. The molecule has 0 saturated carbocycles. The Morgan fingerprint density at radius 3 is 2.39 bits per heavy atom. The van der Waals surface area contributed by atoms with Crippen LogP contribution in [0.1, 0.15) is 25.7 Å². The molecule has 0 unspecified atom stereocenters. The molecule has 6 heteroatoms. The van der Waals surface area contributed by atoms with Gasteiger partial charge < -0.3 is 10.1 Å². The number of fused-ring (bicyclic) bond motifs is 1. The second-order valence-corrected chi connectivity index (χ2v) is 8.55. The third-order valence-electron chi connectivity index (χ3n) is 5.92. The van der Waals surface area contributed by atoms with Gasteiger partial charge in [-0.15, -0.1) is 0 Å². The highest BCUT2D eigenvalue weighted by atomic mass is 16.5. The van der Waals surface area contributed by atoms with Crippen LogP contribution in [0.2, 0.25) is 0 Å². The van der Waals surface area contributed by atoms with Crippen LogP contribution in [0, 0.1) is 0 Å². The van der Waals surface area contributed by atoms with Crippen LogP contribution in [0.5, 0.6) is 5.75 Å². The van der Waals surface area contributed by atoms with Crippen molar-refractivity contribution in [1.29, 1.82) is 0 Å². The maximum absolute atomic E-state index is 12.1. The molecule has 2 aromatic heterocycles. The van der Waals surface area contributed by atoms with E-state index in [9.17, 15) is 4.79 Å². The quantitative estimate of drug-likeness (QED) is 0.229. The first kappa shape index (κ1) is 23.3. The molecule has 2 heterocycles. The van der Waals surface area contributed by atoms with Crippen LogP contribution in [-0.4, -0.2) is 27.0 Å². The fourth-order valence-electron chi connectivity index (χ4n) is 4.16. The summed E-state index contributed by atoms with van der Waals surface area (Å²) < 4.78 is 8.25. The maximum atomic E-state index is 12.1. The third kappa shape index (κ3) is 5.61. The number of aromatic nitrogens is 3. The number of hydrogen-bond donors (Lipinski definition) is 1. The second kappa shape index (κ2) is 11.3. The number of imidazole rings is 1. The van der Waals surface area contributed by atoms with Gasteiger partial charge in [0.15, 0.2) is 0 Å². The molecule has 0 aliphatic carbocycles. The van der Waals surface area contributed by atoms with Crippen LogP contribution in [0.15, 0.2) is 103 Å². The molecule has 0 saturated heterocycles. The standard InChI is InChI=1S/C30H28N4O2/c35-29(33-28-16-9-10-20-31-28)17-8-3-11-21-36-25-18-19-26-27(22-25)34(24-14-6-2-7-15-24)30(32-26)23-12-4-1-5-13-23/h1-2,4-7,9-10,12-16,18-20,22H,3,8,11,17,21H2,(H,31,33,35). The Labute approximate surface area is 210 Å². The molecule has 0 spiro atoms. The second-order valence-electron chi connectivity index (χ2n) is 8.55. The molecule has 36 heavy (non-hydrogen) atoms. The Morgan fingerprint density at radius 2 is 1.61 bits per heavy atom. The molecule has 0 aliphatic heterocycles. The highest BCUT2D eigenvalue weighted by Gasteiger charge is 2.15. The van der Waals surface area contributed by atoms with E-state index >= 15 is 0 Å². The largest absolute Gasteiger partial charge is 0.494 e. The first-order valence-corrected chi connectivity index (χ1v) is 12.2. The van der Waals surface area contributed by atoms with Gasteiger partial charge >= 0.3 is 0 Å². The molecule has 0 fully saturated rings. The number of nitrogens with zero attached hydrogens (tertiary/aromatic N) is 3. The fraction of sp³-hybridized carbons (Fsp3) is 0.167. The number of hydrogen-bond acceptors (Lipinski definition) is 4. The lowest BCUT2D eigenvalue weighted by molar-refractivity contribution is -0.116. The average Bonchev–Trinajstić information content (AvgIpc) is 3.31. The number of rotatable bonds is 10. The number of unbranched alkanes of at least 4 members (excludes halogenated alkanes) is 2. The van der Waals surface area contributed by atoms with Crippen molar-refractivity contribution >= 4 is 22.8 Å². The molecule has 0 bridgehead atoms. The van der Waals surface area contributed by atoms with Crippen LogP contribution in [0.25, 0.3) is 28.1 Å². The fourth-order valence-corrected chi connectivity index (χ4v) is 4.16. The molecule has 6 nitrogen and oxygen atoms in total. The van der Waals surface area contributed by atoms with E-state index < -0.39 is 0 Å². The van der Waals surface area contributed by atoms with E-state index in [1.807, 2.05) is 60.7 Å². The molecule has 0 atom stereocenters. The summed E-state index contributed by atoms with van der Waals surface area (Å²) in [6.07, 6.45) is 4.74. The number of carbonyl (C=O) groups excluding carboxylic acids is 1. The number of nitrogens with one attached hydrogen (secondary N) is 1. The minimum absolute atomic E-state index is 0.0107. The molecule has 3 aromatic carbocycles. The lowest BCUT2D eigenvalue weighted by Gasteiger charge is -2.11. The maximum Gasteiger partial charge on any atom is 0.225 e. The first-order valence-electron chi connectivity index (χ1n) is 12.2. The topological polar surface area (TPSA) is 69.0 Å². The summed E-state index contributed by atoms with van der Waals surface area (Å²) in [6, 6.07) is 32.0. The Bertz CT molecular complexity index is 1420. The van der Waals surface area contributed by atoms with E-state index in [2.05, 4.69) is 45.2 Å². The van der Waals surface area contributed by atoms with Gasteiger partial charge in [0.2, 0.25) is 5.91 Å². The lowest BCUT2D eigenvalue weighted by Crippen LogP contribution is -2.12. The molecule has 0 radical (unpaired) electrons. The number of para-hydroxylation sites is 1. The van der Waals surface area contributed by atoms with Gasteiger partial charge in [0.25, 0.3) is 0 Å². The van der Waals surface area contributed by atoms with Crippen molar-refractivity contribution < 1.29 is 9.53 Å². The van der Waals surface area contributed by atoms with Gasteiger partial charge in [0.1, 0.15) is 17.4 Å². The van der Waals surface area contributed by atoms with E-state index in [1.54, 1.807) is 12.3 Å². The number of anilines is 1. The molecule has 5 rings (SSSR count). The van der Waals surface area contributed by atoms with Gasteiger partial charge in [-0.3, -0.25) is 9.36 Å². The van der Waals surface area contributed by atoms with Crippen molar-refractivity contribution in [2.45, 2.75) is 25.7 Å². The van der Waals surface area contributed by atoms with Crippen molar-refractivity contribution in [3.8, 4) is 22.8 Å². The summed E-state index contributed by atoms with van der Waals surface area (Å²) in [4.78, 5) is 21.1. The van der Waals surface area contributed by atoms with Crippen molar-refractivity contribution in [3.63, 3.8) is 0 Å². The Hall–Kier alpha value is -4.45. The summed E-state index contributed by atoms with van der Waals surface area (Å²) in [5.41, 5.74) is 4.04. The van der Waals surface area contributed by atoms with Gasteiger partial charge in [-0.2, -0.15) is 0 Å². The van der Waals surface area contributed by atoms with Gasteiger partial charge in [0, 0.05) is 29.9 Å². The number of carbonyl (C=O) groups is 1. The van der Waals surface area contributed by atoms with E-state index in [1.165, 1.54) is 0 Å². The number of pyridine rings is 1. The summed E-state index contributed by atoms with van der Waals surface area (Å²) in [5, 5.41) is 2.82. The molecule has 5 aromatic rings. The highest BCUT2D eigenvalue weighted by molar-refractivity contribution is 5.89. The molecular formula is C30H28N4O2. The van der Waals surface area contributed by atoms with Crippen molar-refractivity contribution in [3.05, 3.63) is 103 Å². The third-order valence-corrected chi connectivity index (χ3v) is 5.92. The number of benzene rings is 3. The first-order chi connectivity index (χ1) is 17.8. The lowest BCUT2D eigenvalue weighted by atomic mass is 10.2. The average molecular weight is 477 g/mol. The molecule has 0 aliphatic rings. The van der Waals surface area contributed by atoms with Gasteiger partial charge in [0.05, 0.1) is 17.6 Å². The molecule has 1 N–H and O–H groups in total. The van der Waals surface area contributed by atoms with Crippen LogP contribution in [0.3, 0.4) is 0 Å². The van der Waals surface area contributed by atoms with E-state index in [0.29, 0.717) is 18.8 Å². The van der Waals surface area contributed by atoms with Crippen LogP contribution in [-0.2, 0) is 4.79 Å². The number of amides is 1. The summed E-state index contributed by atoms with van der Waals surface area (Å²) in [7, 11) is 0. The van der Waals surface area contributed by atoms with Crippen molar-refractivity contribution in [2.24, 2.45) is 0 Å². The normalized spacial score (nSPS) is 10.9. The van der Waals surface area contributed by atoms with Crippen LogP contribution < -0.4 is 10.1 Å². The van der Waals surface area contributed by atoms with Crippen LogP contribution >= 0.6 is 0 Å². The van der Waals surface area contributed by atoms with Gasteiger partial charge in [-0.25, -0.2) is 9.97 Å². The predicted molar refractivity (Wildman–Crippen MR) is 143 cm³/mol. The predicted octanol–water partition coefficient (Wildman–Crippen LogP) is 6.67. The Morgan fingerprint density at radius 1 is 0.833 bits per heavy atom. The zero-order valence-corrected chi connectivity index (χ0v) is 20.0. The van der Waals surface area contributed by atoms with Gasteiger partial charge in [-0.05, 0) is 55.7 Å². The van der Waals surface area contributed by atoms with E-state index in [-0.39, 0.29) is 5.91 Å². The smallest absolute Gasteiger partial charge is 0.225 e. The molecule has 180 valence electrons. The Kier molecular flexibility index (Phi) is 7.32. The zero-order valence-electron chi connectivity index (χ0n) is 20.0. The van der Waals surface area contributed by atoms with Crippen molar-refractivity contribution in [1.82, 2.24) is 14.5 Å². The minimum atomic E-state index is -0.0107. The van der Waals surface area contributed by atoms with Crippen molar-refractivity contribution in [2.75, 3.05) is 11.9 Å². The molecule has 1 amide bonds. The minimum Gasteiger partial charge on any atom is -0.494 e. The monoisotopic (exact) mass is 476 g/mol. The van der Waals surface area contributed by atoms with E-state index in [0.717, 1.165) is 53.1 Å². The molecular weight excluding hydrogens is 448 g/mol. The van der Waals surface area contributed by atoms with Crippen LogP contribution in [0.4, 0.5) is 5.82 Å². The summed E-state index contributed by atoms with van der Waals surface area (Å²) >= 11 is 0. The highest BCUT2D eigenvalue weighted by Crippen LogP contribution is 2.30. The van der Waals surface area contributed by atoms with E-state index in [4.69, 9.17) is 9.72 Å². The zero-order chi connectivity index (χ0) is 24.6. The van der Waals surface area contributed by atoms with Gasteiger partial charge in [-0.1, -0.05) is 54.6 Å².